The molecule has 0 amide bonds. The highest BCUT2D eigenvalue weighted by Crippen LogP contribution is 2.25. The minimum absolute atomic E-state index is 0.0185. The number of fused-ring (bicyclic) bond motifs is 1. The zero-order valence-electron chi connectivity index (χ0n) is 14.2. The molecule has 3 rings (SSSR count). The Labute approximate surface area is 149 Å². The molecule has 5 nitrogen and oxygen atoms in total. The summed E-state index contributed by atoms with van der Waals surface area (Å²) in [6.07, 6.45) is 0. The fraction of sp³-hybridized carbons (Fsp3) is 0.211. The van der Waals surface area contributed by atoms with Gasteiger partial charge in [0.2, 0.25) is 0 Å². The molecule has 128 valence electrons. The van der Waals surface area contributed by atoms with Crippen LogP contribution < -0.4 is 10.3 Å². The minimum Gasteiger partial charge on any atom is -0.497 e. The Bertz CT molecular complexity index is 980. The molecule has 0 fully saturated rings. The topological polar surface area (TPSA) is 61.2 Å². The van der Waals surface area contributed by atoms with E-state index in [0.29, 0.717) is 27.4 Å². The molecule has 0 spiro atoms. The molecule has 0 aliphatic heterocycles. The molecule has 2 aromatic carbocycles. The molecule has 0 N–H and O–H groups in total. The van der Waals surface area contributed by atoms with E-state index in [1.54, 1.807) is 50.6 Å². The predicted molar refractivity (Wildman–Crippen MR) is 99.6 cm³/mol. The quantitative estimate of drug-likeness (QED) is 0.400. The summed E-state index contributed by atoms with van der Waals surface area (Å²) >= 11 is 1.28. The smallest absolute Gasteiger partial charge is 0.261 e. The monoisotopic (exact) mass is 354 g/mol. The highest BCUT2D eigenvalue weighted by molar-refractivity contribution is 8.00. The third-order valence-electron chi connectivity index (χ3n) is 3.97. The van der Waals surface area contributed by atoms with Gasteiger partial charge in [-0.1, -0.05) is 23.9 Å². The number of carbonyl (C=O) groups is 1. The Balaban J connectivity index is 1.88. The van der Waals surface area contributed by atoms with Crippen molar-refractivity contribution < 1.29 is 9.53 Å². The largest absolute Gasteiger partial charge is 0.497 e. The van der Waals surface area contributed by atoms with E-state index < -0.39 is 0 Å². The van der Waals surface area contributed by atoms with Crippen LogP contribution in [0.25, 0.3) is 10.9 Å². The van der Waals surface area contributed by atoms with Gasteiger partial charge in [-0.3, -0.25) is 14.2 Å². The van der Waals surface area contributed by atoms with Crippen LogP contribution in [0.1, 0.15) is 17.3 Å². The van der Waals surface area contributed by atoms with Crippen molar-refractivity contribution in [1.82, 2.24) is 9.55 Å². The molecule has 0 radical (unpaired) electrons. The maximum Gasteiger partial charge on any atom is 0.261 e. The number of Topliss-reactive ketones (excluding diaryl/α,β-unsaturated/α-hetero) is 1. The van der Waals surface area contributed by atoms with E-state index in [4.69, 9.17) is 4.74 Å². The number of ketones is 1. The predicted octanol–water partition coefficient (Wildman–Crippen LogP) is 3.31. The molecule has 0 saturated carbocycles. The summed E-state index contributed by atoms with van der Waals surface area (Å²) in [5.74, 6) is 0.686. The second-order valence-electron chi connectivity index (χ2n) is 5.63. The number of hydrogen-bond acceptors (Lipinski definition) is 5. The summed E-state index contributed by atoms with van der Waals surface area (Å²) in [6.45, 7) is 1.82. The fourth-order valence-corrected chi connectivity index (χ4v) is 3.46. The van der Waals surface area contributed by atoms with Crippen molar-refractivity contribution in [1.29, 1.82) is 0 Å². The molecule has 1 aromatic heterocycles. The lowest BCUT2D eigenvalue weighted by molar-refractivity contribution is 0.0994. The second kappa shape index (κ2) is 7.11. The standard InChI is InChI=1S/C19H18N2O3S/c1-12(17(22)13-8-10-14(24-3)11-9-13)25-19-20-16-7-5-4-6-15(16)18(23)21(19)2/h4-12H,1-3H3/t12-/m1/s1. The molecule has 1 heterocycles. The van der Waals surface area contributed by atoms with Gasteiger partial charge in [0, 0.05) is 12.6 Å². The number of rotatable bonds is 5. The van der Waals surface area contributed by atoms with Gasteiger partial charge in [-0.15, -0.1) is 0 Å². The van der Waals surface area contributed by atoms with E-state index in [1.165, 1.54) is 16.3 Å². The van der Waals surface area contributed by atoms with Crippen LogP contribution in [0.2, 0.25) is 0 Å². The summed E-state index contributed by atoms with van der Waals surface area (Å²) < 4.78 is 6.60. The van der Waals surface area contributed by atoms with Gasteiger partial charge in [-0.2, -0.15) is 0 Å². The number of thioether (sulfide) groups is 1. The summed E-state index contributed by atoms with van der Waals surface area (Å²) in [7, 11) is 3.26. The Hall–Kier alpha value is -2.60. The van der Waals surface area contributed by atoms with Crippen molar-refractivity contribution in [3.05, 3.63) is 64.4 Å². The zero-order chi connectivity index (χ0) is 18.0. The van der Waals surface area contributed by atoms with E-state index in [-0.39, 0.29) is 16.6 Å². The number of methoxy groups -OCH3 is 1. The molecule has 1 atom stereocenters. The highest BCUT2D eigenvalue weighted by Gasteiger charge is 2.19. The number of nitrogens with zero attached hydrogens (tertiary/aromatic N) is 2. The van der Waals surface area contributed by atoms with Crippen molar-refractivity contribution in [2.24, 2.45) is 7.05 Å². The van der Waals surface area contributed by atoms with Crippen molar-refractivity contribution in [3.8, 4) is 5.75 Å². The molecule has 6 heteroatoms. The van der Waals surface area contributed by atoms with E-state index in [1.807, 2.05) is 19.1 Å². The summed E-state index contributed by atoms with van der Waals surface area (Å²) in [6, 6.07) is 14.2. The highest BCUT2D eigenvalue weighted by atomic mass is 32.2. The van der Waals surface area contributed by atoms with Gasteiger partial charge in [0.15, 0.2) is 10.9 Å². The van der Waals surface area contributed by atoms with E-state index >= 15 is 0 Å². The molecule has 0 saturated heterocycles. The van der Waals surface area contributed by atoms with Crippen LogP contribution in [0, 0.1) is 0 Å². The summed E-state index contributed by atoms with van der Waals surface area (Å²) in [5.41, 5.74) is 1.13. The van der Waals surface area contributed by atoms with Crippen molar-refractivity contribution in [2.75, 3.05) is 7.11 Å². The first kappa shape index (κ1) is 17.2. The van der Waals surface area contributed by atoms with Crippen LogP contribution in [-0.2, 0) is 7.05 Å². The summed E-state index contributed by atoms with van der Waals surface area (Å²) in [5, 5.41) is 0.731. The fourth-order valence-electron chi connectivity index (χ4n) is 2.50. The average molecular weight is 354 g/mol. The number of ether oxygens (including phenoxy) is 1. The normalized spacial score (nSPS) is 12.1. The van der Waals surface area contributed by atoms with Gasteiger partial charge in [0.25, 0.3) is 5.56 Å². The van der Waals surface area contributed by atoms with Gasteiger partial charge >= 0.3 is 0 Å². The number of carbonyl (C=O) groups excluding carboxylic acids is 1. The van der Waals surface area contributed by atoms with E-state index in [9.17, 15) is 9.59 Å². The minimum atomic E-state index is -0.368. The molecule has 25 heavy (non-hydrogen) atoms. The van der Waals surface area contributed by atoms with Crippen LogP contribution in [0.5, 0.6) is 5.75 Å². The second-order valence-corrected chi connectivity index (χ2v) is 6.94. The third-order valence-corrected chi connectivity index (χ3v) is 5.11. The van der Waals surface area contributed by atoms with Crippen LogP contribution in [0.15, 0.2) is 58.5 Å². The zero-order valence-corrected chi connectivity index (χ0v) is 15.0. The lowest BCUT2D eigenvalue weighted by Gasteiger charge is -2.13. The van der Waals surface area contributed by atoms with Gasteiger partial charge in [-0.05, 0) is 43.3 Å². The van der Waals surface area contributed by atoms with Crippen LogP contribution in [-0.4, -0.2) is 27.7 Å². The maximum absolute atomic E-state index is 12.6. The molecule has 0 aliphatic rings. The number of benzene rings is 2. The molecule has 0 bridgehead atoms. The van der Waals surface area contributed by atoms with Gasteiger partial charge in [-0.25, -0.2) is 4.98 Å². The van der Waals surface area contributed by atoms with Gasteiger partial charge < -0.3 is 4.74 Å². The van der Waals surface area contributed by atoms with E-state index in [0.717, 1.165) is 0 Å². The summed E-state index contributed by atoms with van der Waals surface area (Å²) in [4.78, 5) is 29.6. The van der Waals surface area contributed by atoms with Crippen molar-refractivity contribution >= 4 is 28.4 Å². The average Bonchev–Trinajstić information content (AvgIpc) is 2.65. The number of aromatic nitrogens is 2. The van der Waals surface area contributed by atoms with Gasteiger partial charge in [0.05, 0.1) is 23.3 Å². The molecule has 3 aromatic rings. The lowest BCUT2D eigenvalue weighted by Crippen LogP contribution is -2.22. The lowest BCUT2D eigenvalue weighted by atomic mass is 10.1. The first-order valence-electron chi connectivity index (χ1n) is 7.82. The molecule has 0 aliphatic carbocycles. The van der Waals surface area contributed by atoms with Crippen molar-refractivity contribution in [2.45, 2.75) is 17.3 Å². The number of para-hydroxylation sites is 1. The Morgan fingerprint density at radius 3 is 2.52 bits per heavy atom. The first-order valence-corrected chi connectivity index (χ1v) is 8.70. The maximum atomic E-state index is 12.6. The van der Waals surface area contributed by atoms with E-state index in [2.05, 4.69) is 4.98 Å². The molecule has 0 unspecified atom stereocenters. The van der Waals surface area contributed by atoms with Crippen LogP contribution in [0.3, 0.4) is 0 Å². The Morgan fingerprint density at radius 2 is 1.84 bits per heavy atom. The van der Waals surface area contributed by atoms with Crippen LogP contribution >= 0.6 is 11.8 Å². The SMILES string of the molecule is COc1ccc(C(=O)[C@@H](C)Sc2nc3ccccc3c(=O)n2C)cc1. The Morgan fingerprint density at radius 1 is 1.16 bits per heavy atom. The van der Waals surface area contributed by atoms with Crippen LogP contribution in [0.4, 0.5) is 0 Å². The number of hydrogen-bond donors (Lipinski definition) is 0. The van der Waals surface area contributed by atoms with Gasteiger partial charge in [0.1, 0.15) is 5.75 Å². The third kappa shape index (κ3) is 3.44. The molecular weight excluding hydrogens is 336 g/mol. The van der Waals surface area contributed by atoms with Crippen molar-refractivity contribution in [3.63, 3.8) is 0 Å². The Kier molecular flexibility index (Phi) is 4.90. The molecular formula is C19H18N2O3S. The first-order chi connectivity index (χ1) is 12.0.